The summed E-state index contributed by atoms with van der Waals surface area (Å²) in [7, 11) is 0. The van der Waals surface area contributed by atoms with Gasteiger partial charge in [0, 0.05) is 31.9 Å². The SMILES string of the molecule is O=C1[C@@H](Nc2ccccc2CN2CCOCC2)CCN1c1ccccc1F. The summed E-state index contributed by atoms with van der Waals surface area (Å²) >= 11 is 0. The summed E-state index contributed by atoms with van der Waals surface area (Å²) in [5, 5.41) is 3.40. The van der Waals surface area contributed by atoms with Crippen molar-refractivity contribution in [1.82, 2.24) is 4.90 Å². The van der Waals surface area contributed by atoms with Gasteiger partial charge in [0.05, 0.1) is 18.9 Å². The number of para-hydroxylation sites is 2. The van der Waals surface area contributed by atoms with Gasteiger partial charge < -0.3 is 15.0 Å². The minimum Gasteiger partial charge on any atom is -0.379 e. The molecule has 27 heavy (non-hydrogen) atoms. The number of nitrogens with one attached hydrogen (secondary N) is 1. The van der Waals surface area contributed by atoms with E-state index in [0.29, 0.717) is 18.7 Å². The maximum Gasteiger partial charge on any atom is 0.249 e. The fourth-order valence-electron chi connectivity index (χ4n) is 3.71. The van der Waals surface area contributed by atoms with Crippen LogP contribution >= 0.6 is 0 Å². The van der Waals surface area contributed by atoms with Crippen molar-refractivity contribution in [2.45, 2.75) is 19.0 Å². The summed E-state index contributed by atoms with van der Waals surface area (Å²) in [6.07, 6.45) is 0.652. The van der Waals surface area contributed by atoms with Crippen LogP contribution in [0, 0.1) is 5.82 Å². The lowest BCUT2D eigenvalue weighted by Gasteiger charge is -2.28. The minimum absolute atomic E-state index is 0.0822. The molecule has 0 spiro atoms. The van der Waals surface area contributed by atoms with E-state index in [0.717, 1.165) is 44.1 Å². The van der Waals surface area contributed by atoms with E-state index in [2.05, 4.69) is 16.3 Å². The number of halogens is 1. The fourth-order valence-corrected chi connectivity index (χ4v) is 3.71. The number of carbonyl (C=O) groups is 1. The first-order valence-electron chi connectivity index (χ1n) is 9.43. The molecule has 0 saturated carbocycles. The Bertz CT molecular complexity index is 808. The van der Waals surface area contributed by atoms with Crippen LogP contribution in [0.25, 0.3) is 0 Å². The molecule has 2 aromatic carbocycles. The molecular weight excluding hydrogens is 345 g/mol. The van der Waals surface area contributed by atoms with Gasteiger partial charge in [0.2, 0.25) is 5.91 Å². The maximum absolute atomic E-state index is 14.1. The maximum atomic E-state index is 14.1. The number of benzene rings is 2. The van der Waals surface area contributed by atoms with Crippen molar-refractivity contribution in [3.05, 3.63) is 59.9 Å². The summed E-state index contributed by atoms with van der Waals surface area (Å²) in [6.45, 7) is 4.69. The Labute approximate surface area is 158 Å². The Balaban J connectivity index is 1.47. The summed E-state index contributed by atoms with van der Waals surface area (Å²) < 4.78 is 19.5. The van der Waals surface area contributed by atoms with E-state index in [1.165, 1.54) is 11.0 Å². The molecule has 0 bridgehead atoms. The normalized spacial score (nSPS) is 20.9. The Morgan fingerprint density at radius 2 is 1.78 bits per heavy atom. The molecule has 2 fully saturated rings. The number of anilines is 2. The molecule has 0 radical (unpaired) electrons. The number of carbonyl (C=O) groups excluding carboxylic acids is 1. The Kier molecular flexibility index (Phi) is 5.36. The fraction of sp³-hybridized carbons (Fsp3) is 0.381. The minimum atomic E-state index is -0.362. The second-order valence-electron chi connectivity index (χ2n) is 6.97. The van der Waals surface area contributed by atoms with E-state index in [-0.39, 0.29) is 17.8 Å². The van der Waals surface area contributed by atoms with Gasteiger partial charge in [-0.2, -0.15) is 0 Å². The number of rotatable bonds is 5. The number of morpholine rings is 1. The lowest BCUT2D eigenvalue weighted by molar-refractivity contribution is -0.117. The van der Waals surface area contributed by atoms with Crippen molar-refractivity contribution in [1.29, 1.82) is 0 Å². The van der Waals surface area contributed by atoms with Gasteiger partial charge in [-0.1, -0.05) is 30.3 Å². The lowest BCUT2D eigenvalue weighted by Crippen LogP contribution is -2.36. The summed E-state index contributed by atoms with van der Waals surface area (Å²) in [6, 6.07) is 14.2. The zero-order valence-electron chi connectivity index (χ0n) is 15.2. The molecule has 1 amide bonds. The van der Waals surface area contributed by atoms with Gasteiger partial charge in [-0.05, 0) is 30.2 Å². The lowest BCUT2D eigenvalue weighted by atomic mass is 10.1. The zero-order chi connectivity index (χ0) is 18.6. The molecule has 6 heteroatoms. The third-order valence-corrected chi connectivity index (χ3v) is 5.19. The number of nitrogens with zero attached hydrogens (tertiary/aromatic N) is 2. The predicted molar refractivity (Wildman–Crippen MR) is 103 cm³/mol. The van der Waals surface area contributed by atoms with Crippen LogP contribution in [0.15, 0.2) is 48.5 Å². The average molecular weight is 369 g/mol. The van der Waals surface area contributed by atoms with Crippen LogP contribution in [0.4, 0.5) is 15.8 Å². The van der Waals surface area contributed by atoms with Gasteiger partial charge in [0.15, 0.2) is 0 Å². The molecule has 142 valence electrons. The smallest absolute Gasteiger partial charge is 0.249 e. The third-order valence-electron chi connectivity index (χ3n) is 5.19. The number of hydrogen-bond donors (Lipinski definition) is 1. The van der Waals surface area contributed by atoms with Crippen LogP contribution in [0.3, 0.4) is 0 Å². The number of hydrogen-bond acceptors (Lipinski definition) is 4. The second kappa shape index (κ2) is 8.06. The molecule has 2 aliphatic rings. The third kappa shape index (κ3) is 3.96. The van der Waals surface area contributed by atoms with E-state index in [1.807, 2.05) is 18.2 Å². The second-order valence-corrected chi connectivity index (χ2v) is 6.97. The van der Waals surface area contributed by atoms with Crippen molar-refractivity contribution < 1.29 is 13.9 Å². The molecule has 0 aliphatic carbocycles. The van der Waals surface area contributed by atoms with Gasteiger partial charge in [-0.25, -0.2) is 4.39 Å². The van der Waals surface area contributed by atoms with Crippen LogP contribution in [0.5, 0.6) is 0 Å². The van der Waals surface area contributed by atoms with E-state index in [4.69, 9.17) is 4.74 Å². The van der Waals surface area contributed by atoms with Gasteiger partial charge in [-0.3, -0.25) is 9.69 Å². The molecule has 1 N–H and O–H groups in total. The topological polar surface area (TPSA) is 44.8 Å². The molecule has 0 unspecified atom stereocenters. The van der Waals surface area contributed by atoms with E-state index in [1.54, 1.807) is 18.2 Å². The van der Waals surface area contributed by atoms with Crippen molar-refractivity contribution in [3.63, 3.8) is 0 Å². The van der Waals surface area contributed by atoms with Crippen LogP contribution in [-0.4, -0.2) is 49.7 Å². The molecule has 4 rings (SSSR count). The summed E-state index contributed by atoms with van der Waals surface area (Å²) in [4.78, 5) is 16.7. The zero-order valence-corrected chi connectivity index (χ0v) is 15.2. The standard InChI is InChI=1S/C21H24FN3O2/c22-17-6-2-4-8-20(17)25-10-9-19(21(25)26)23-18-7-3-1-5-16(18)15-24-11-13-27-14-12-24/h1-8,19,23H,9-15H2/t19-/m0/s1. The molecule has 2 saturated heterocycles. The van der Waals surface area contributed by atoms with Crippen LogP contribution in [0.1, 0.15) is 12.0 Å². The van der Waals surface area contributed by atoms with E-state index in [9.17, 15) is 9.18 Å². The highest BCUT2D eigenvalue weighted by molar-refractivity contribution is 6.01. The largest absolute Gasteiger partial charge is 0.379 e. The quantitative estimate of drug-likeness (QED) is 0.880. The Hall–Kier alpha value is -2.44. The van der Waals surface area contributed by atoms with Crippen LogP contribution in [0.2, 0.25) is 0 Å². The number of ether oxygens (including phenoxy) is 1. The Morgan fingerprint density at radius 1 is 1.04 bits per heavy atom. The van der Waals surface area contributed by atoms with Crippen molar-refractivity contribution >= 4 is 17.3 Å². The van der Waals surface area contributed by atoms with Crippen molar-refractivity contribution in [3.8, 4) is 0 Å². The summed E-state index contributed by atoms with van der Waals surface area (Å²) in [5.41, 5.74) is 2.49. The molecular formula is C21H24FN3O2. The van der Waals surface area contributed by atoms with Gasteiger partial charge in [0.1, 0.15) is 11.9 Å². The van der Waals surface area contributed by atoms with E-state index < -0.39 is 0 Å². The number of amides is 1. The Morgan fingerprint density at radius 3 is 2.59 bits per heavy atom. The van der Waals surface area contributed by atoms with Gasteiger partial charge >= 0.3 is 0 Å². The monoisotopic (exact) mass is 369 g/mol. The molecule has 5 nitrogen and oxygen atoms in total. The predicted octanol–water partition coefficient (Wildman–Crippen LogP) is 2.88. The molecule has 1 atom stereocenters. The van der Waals surface area contributed by atoms with Crippen LogP contribution in [-0.2, 0) is 16.1 Å². The average Bonchev–Trinajstić information content (AvgIpc) is 3.05. The molecule has 2 aliphatic heterocycles. The van der Waals surface area contributed by atoms with Gasteiger partial charge in [-0.15, -0.1) is 0 Å². The molecule has 2 heterocycles. The first-order valence-corrected chi connectivity index (χ1v) is 9.43. The summed E-state index contributed by atoms with van der Waals surface area (Å²) in [5.74, 6) is -0.444. The van der Waals surface area contributed by atoms with E-state index >= 15 is 0 Å². The highest BCUT2D eigenvalue weighted by Gasteiger charge is 2.34. The van der Waals surface area contributed by atoms with Crippen molar-refractivity contribution in [2.24, 2.45) is 0 Å². The molecule has 2 aromatic rings. The highest BCUT2D eigenvalue weighted by Crippen LogP contribution is 2.27. The van der Waals surface area contributed by atoms with Crippen molar-refractivity contribution in [2.75, 3.05) is 43.1 Å². The van der Waals surface area contributed by atoms with Gasteiger partial charge in [0.25, 0.3) is 0 Å². The highest BCUT2D eigenvalue weighted by atomic mass is 19.1. The first kappa shape index (κ1) is 17.9. The van der Waals surface area contributed by atoms with Crippen LogP contribution < -0.4 is 10.2 Å². The first-order chi connectivity index (χ1) is 13.2. The molecule has 0 aromatic heterocycles.